The van der Waals surface area contributed by atoms with Crippen molar-refractivity contribution in [3.8, 4) is 0 Å². The van der Waals surface area contributed by atoms with E-state index >= 15 is 0 Å². The quantitative estimate of drug-likeness (QED) is 0.542. The van der Waals surface area contributed by atoms with Crippen molar-refractivity contribution in [2.45, 2.75) is 13.5 Å². The van der Waals surface area contributed by atoms with Gasteiger partial charge in [-0.2, -0.15) is 5.10 Å². The number of ether oxygens (including phenoxy) is 1. The monoisotopic (exact) mass is 346 g/mol. The number of rotatable bonds is 6. The highest BCUT2D eigenvalue weighted by Crippen LogP contribution is 2.15. The molecule has 20 heavy (non-hydrogen) atoms. The lowest BCUT2D eigenvalue weighted by Gasteiger charge is -2.10. The Balaban J connectivity index is 2.71. The molecule has 0 aliphatic rings. The van der Waals surface area contributed by atoms with Gasteiger partial charge in [0.05, 0.1) is 19.0 Å². The van der Waals surface area contributed by atoms with Crippen LogP contribution in [0.1, 0.15) is 6.92 Å². The Morgan fingerprint density at radius 2 is 2.15 bits per heavy atom. The fraction of sp³-hybridized carbons (Fsp3) is 0.455. The van der Waals surface area contributed by atoms with Gasteiger partial charge in [0.15, 0.2) is 0 Å². The largest absolute Gasteiger partial charge is 0.468 e. The van der Waals surface area contributed by atoms with Gasteiger partial charge in [0.25, 0.3) is 5.56 Å². The summed E-state index contributed by atoms with van der Waals surface area (Å²) < 4.78 is 5.73. The summed E-state index contributed by atoms with van der Waals surface area (Å²) in [6, 6.07) is 0. The van der Waals surface area contributed by atoms with Crippen molar-refractivity contribution in [3.05, 3.63) is 21.0 Å². The number of carbonyl (C=O) groups is 2. The van der Waals surface area contributed by atoms with Crippen LogP contribution < -0.4 is 16.2 Å². The van der Waals surface area contributed by atoms with E-state index in [1.807, 2.05) is 0 Å². The third kappa shape index (κ3) is 4.65. The SMILES string of the molecule is COC(=O)Cn1ncc(NCCNC(C)=O)c(Br)c1=O. The molecule has 0 aliphatic heterocycles. The smallest absolute Gasteiger partial charge is 0.327 e. The Labute approximate surface area is 123 Å². The van der Waals surface area contributed by atoms with Crippen molar-refractivity contribution in [2.75, 3.05) is 25.5 Å². The topological polar surface area (TPSA) is 102 Å². The molecule has 8 nitrogen and oxygen atoms in total. The van der Waals surface area contributed by atoms with Gasteiger partial charge in [-0.15, -0.1) is 0 Å². The summed E-state index contributed by atoms with van der Waals surface area (Å²) in [5.74, 6) is -0.685. The van der Waals surface area contributed by atoms with Crippen LogP contribution in [0.15, 0.2) is 15.5 Å². The number of carbonyl (C=O) groups excluding carboxylic acids is 2. The summed E-state index contributed by atoms with van der Waals surface area (Å²) in [5.41, 5.74) is 0.0430. The molecule has 0 saturated carbocycles. The van der Waals surface area contributed by atoms with Gasteiger partial charge in [0, 0.05) is 20.0 Å². The fourth-order valence-corrected chi connectivity index (χ4v) is 1.77. The number of anilines is 1. The standard InChI is InChI=1S/C11H15BrN4O4/c1-7(17)13-3-4-14-8-5-15-16(6-9(18)20-2)11(19)10(8)12/h5,14H,3-4,6H2,1-2H3,(H,13,17). The zero-order chi connectivity index (χ0) is 15.1. The predicted molar refractivity (Wildman–Crippen MR) is 75.4 cm³/mol. The number of nitrogens with zero attached hydrogens (tertiary/aromatic N) is 2. The van der Waals surface area contributed by atoms with Crippen LogP contribution in [-0.4, -0.2) is 41.9 Å². The van der Waals surface area contributed by atoms with Crippen LogP contribution in [0.4, 0.5) is 5.69 Å². The molecule has 0 radical (unpaired) electrons. The molecule has 1 aromatic heterocycles. The van der Waals surface area contributed by atoms with E-state index in [-0.39, 0.29) is 16.9 Å². The Hall–Kier alpha value is -1.90. The molecule has 0 aromatic carbocycles. The van der Waals surface area contributed by atoms with Crippen LogP contribution in [-0.2, 0) is 20.9 Å². The molecule has 0 unspecified atom stereocenters. The zero-order valence-corrected chi connectivity index (χ0v) is 12.7. The van der Waals surface area contributed by atoms with Crippen molar-refractivity contribution in [2.24, 2.45) is 0 Å². The van der Waals surface area contributed by atoms with Crippen molar-refractivity contribution >= 4 is 33.5 Å². The maximum atomic E-state index is 11.9. The molecule has 2 N–H and O–H groups in total. The number of hydrogen-bond donors (Lipinski definition) is 2. The molecular formula is C11H15BrN4O4. The van der Waals surface area contributed by atoms with Crippen LogP contribution >= 0.6 is 15.9 Å². The van der Waals surface area contributed by atoms with E-state index in [1.165, 1.54) is 20.2 Å². The summed E-state index contributed by atoms with van der Waals surface area (Å²) >= 11 is 3.15. The molecule has 1 rings (SSSR count). The summed E-state index contributed by atoms with van der Waals surface area (Å²) in [7, 11) is 1.24. The normalized spacial score (nSPS) is 9.95. The lowest BCUT2D eigenvalue weighted by atomic mass is 10.4. The van der Waals surface area contributed by atoms with E-state index < -0.39 is 11.5 Å². The van der Waals surface area contributed by atoms with Crippen molar-refractivity contribution in [1.82, 2.24) is 15.1 Å². The molecule has 0 bridgehead atoms. The van der Waals surface area contributed by atoms with E-state index in [2.05, 4.69) is 36.4 Å². The second kappa shape index (κ2) is 7.63. The average Bonchev–Trinajstić information content (AvgIpc) is 2.41. The molecule has 0 aliphatic carbocycles. The number of esters is 1. The van der Waals surface area contributed by atoms with E-state index in [9.17, 15) is 14.4 Å². The minimum absolute atomic E-state index is 0.127. The minimum atomic E-state index is -0.558. The molecule has 1 heterocycles. The Morgan fingerprint density at radius 1 is 1.45 bits per heavy atom. The Kier molecular flexibility index (Phi) is 6.16. The van der Waals surface area contributed by atoms with Crippen LogP contribution in [0.3, 0.4) is 0 Å². The second-order valence-electron chi connectivity index (χ2n) is 3.82. The minimum Gasteiger partial charge on any atom is -0.468 e. The van der Waals surface area contributed by atoms with Crippen molar-refractivity contribution in [1.29, 1.82) is 0 Å². The zero-order valence-electron chi connectivity index (χ0n) is 11.1. The lowest BCUT2D eigenvalue weighted by molar-refractivity contribution is -0.141. The molecule has 1 aromatic rings. The van der Waals surface area contributed by atoms with Crippen LogP contribution in [0, 0.1) is 0 Å². The number of aromatic nitrogens is 2. The maximum Gasteiger partial charge on any atom is 0.327 e. The van der Waals surface area contributed by atoms with Gasteiger partial charge in [0.2, 0.25) is 5.91 Å². The third-order valence-corrected chi connectivity index (χ3v) is 3.07. The van der Waals surface area contributed by atoms with Gasteiger partial charge in [-0.1, -0.05) is 0 Å². The van der Waals surface area contributed by atoms with Crippen LogP contribution in [0.5, 0.6) is 0 Å². The molecular weight excluding hydrogens is 332 g/mol. The first-order valence-corrected chi connectivity index (χ1v) is 6.55. The van der Waals surface area contributed by atoms with Gasteiger partial charge in [0.1, 0.15) is 11.0 Å². The Bertz CT molecular complexity index is 558. The van der Waals surface area contributed by atoms with Crippen molar-refractivity contribution < 1.29 is 14.3 Å². The Morgan fingerprint density at radius 3 is 2.75 bits per heavy atom. The van der Waals surface area contributed by atoms with Gasteiger partial charge < -0.3 is 15.4 Å². The molecule has 0 spiro atoms. The number of halogens is 1. The van der Waals surface area contributed by atoms with E-state index in [1.54, 1.807) is 0 Å². The first kappa shape index (κ1) is 16.2. The van der Waals surface area contributed by atoms with Gasteiger partial charge >= 0.3 is 5.97 Å². The molecule has 110 valence electrons. The summed E-state index contributed by atoms with van der Waals surface area (Å²) in [6.07, 6.45) is 1.42. The van der Waals surface area contributed by atoms with Gasteiger partial charge in [-0.3, -0.25) is 14.4 Å². The van der Waals surface area contributed by atoms with E-state index in [0.29, 0.717) is 18.8 Å². The van der Waals surface area contributed by atoms with Gasteiger partial charge in [-0.25, -0.2) is 4.68 Å². The second-order valence-corrected chi connectivity index (χ2v) is 4.61. The number of hydrogen-bond acceptors (Lipinski definition) is 6. The van der Waals surface area contributed by atoms with Gasteiger partial charge in [-0.05, 0) is 15.9 Å². The highest BCUT2D eigenvalue weighted by Gasteiger charge is 2.11. The van der Waals surface area contributed by atoms with Crippen LogP contribution in [0.2, 0.25) is 0 Å². The summed E-state index contributed by atoms with van der Waals surface area (Å²) in [4.78, 5) is 33.7. The molecule has 0 saturated heterocycles. The third-order valence-electron chi connectivity index (χ3n) is 2.31. The first-order valence-electron chi connectivity index (χ1n) is 5.76. The number of nitrogens with one attached hydrogen (secondary N) is 2. The number of amides is 1. The van der Waals surface area contributed by atoms with E-state index in [4.69, 9.17) is 0 Å². The van der Waals surface area contributed by atoms with Crippen molar-refractivity contribution in [3.63, 3.8) is 0 Å². The molecule has 0 atom stereocenters. The highest BCUT2D eigenvalue weighted by molar-refractivity contribution is 9.10. The summed E-state index contributed by atoms with van der Waals surface area (Å²) in [6.45, 7) is 2.04. The maximum absolute atomic E-state index is 11.9. The van der Waals surface area contributed by atoms with E-state index in [0.717, 1.165) is 4.68 Å². The fourth-order valence-electron chi connectivity index (χ4n) is 1.32. The highest BCUT2D eigenvalue weighted by atomic mass is 79.9. The molecule has 0 fully saturated rings. The lowest BCUT2D eigenvalue weighted by Crippen LogP contribution is -2.30. The summed E-state index contributed by atoms with van der Waals surface area (Å²) in [5, 5.41) is 9.43. The number of methoxy groups -OCH3 is 1. The molecule has 9 heteroatoms. The van der Waals surface area contributed by atoms with Crippen LogP contribution in [0.25, 0.3) is 0 Å². The first-order chi connectivity index (χ1) is 9.45. The average molecular weight is 347 g/mol. The molecule has 1 amide bonds. The predicted octanol–water partition coefficient (Wildman–Crippen LogP) is -0.273.